The molecular weight excluding hydrogens is 380 g/mol. The molecule has 28 heavy (non-hydrogen) atoms. The Bertz CT molecular complexity index is 851. The van der Waals surface area contributed by atoms with E-state index < -0.39 is 0 Å². The van der Waals surface area contributed by atoms with Gasteiger partial charge in [-0.05, 0) is 35.4 Å². The van der Waals surface area contributed by atoms with Crippen LogP contribution in [0.1, 0.15) is 11.1 Å². The minimum Gasteiger partial charge on any atom is -0.504 e. The van der Waals surface area contributed by atoms with E-state index in [9.17, 15) is 15.0 Å². The van der Waals surface area contributed by atoms with Gasteiger partial charge in [-0.1, -0.05) is 29.8 Å². The van der Waals surface area contributed by atoms with Gasteiger partial charge < -0.3 is 10.2 Å². The van der Waals surface area contributed by atoms with Crippen LogP contribution in [0.2, 0.25) is 5.02 Å². The summed E-state index contributed by atoms with van der Waals surface area (Å²) in [5.74, 6) is -0.626. The molecule has 0 saturated carbocycles. The van der Waals surface area contributed by atoms with Crippen LogP contribution in [-0.2, 0) is 11.3 Å². The van der Waals surface area contributed by atoms with E-state index in [0.717, 1.165) is 43.3 Å². The first-order valence-corrected chi connectivity index (χ1v) is 9.41. The SMILES string of the molecule is O=C(CN1CCN(Cc2ccccc2Cl)CC1)N/N=C\c1ccc(O)c(O)c1. The number of aromatic hydroxyl groups is 2. The van der Waals surface area contributed by atoms with Crippen LogP contribution in [0, 0.1) is 0 Å². The van der Waals surface area contributed by atoms with Crippen LogP contribution in [0.5, 0.6) is 11.5 Å². The molecule has 0 atom stereocenters. The lowest BCUT2D eigenvalue weighted by molar-refractivity contribution is -0.122. The molecule has 0 bridgehead atoms. The third-order valence-corrected chi connectivity index (χ3v) is 4.95. The molecule has 1 aliphatic rings. The number of nitrogens with one attached hydrogen (secondary N) is 1. The third kappa shape index (κ3) is 5.69. The molecule has 148 valence electrons. The molecule has 1 heterocycles. The highest BCUT2D eigenvalue weighted by molar-refractivity contribution is 6.31. The molecule has 0 unspecified atom stereocenters. The zero-order valence-corrected chi connectivity index (χ0v) is 16.1. The van der Waals surface area contributed by atoms with Crippen molar-refractivity contribution in [3.8, 4) is 11.5 Å². The number of phenolic OH excluding ortho intramolecular Hbond substituents is 2. The summed E-state index contributed by atoms with van der Waals surface area (Å²) in [7, 11) is 0. The van der Waals surface area contributed by atoms with Gasteiger partial charge in [-0.25, -0.2) is 5.43 Å². The zero-order valence-electron chi connectivity index (χ0n) is 15.4. The van der Waals surface area contributed by atoms with Crippen molar-refractivity contribution in [2.24, 2.45) is 5.10 Å². The van der Waals surface area contributed by atoms with Gasteiger partial charge in [-0.15, -0.1) is 0 Å². The van der Waals surface area contributed by atoms with Crippen molar-refractivity contribution in [1.82, 2.24) is 15.2 Å². The Morgan fingerprint density at radius 2 is 1.79 bits per heavy atom. The van der Waals surface area contributed by atoms with Crippen LogP contribution in [0.15, 0.2) is 47.6 Å². The van der Waals surface area contributed by atoms with Gasteiger partial charge in [-0.3, -0.25) is 14.6 Å². The Balaban J connectivity index is 1.40. The van der Waals surface area contributed by atoms with Gasteiger partial charge in [0.15, 0.2) is 11.5 Å². The van der Waals surface area contributed by atoms with Crippen LogP contribution < -0.4 is 5.43 Å². The second-order valence-electron chi connectivity index (χ2n) is 6.69. The second-order valence-corrected chi connectivity index (χ2v) is 7.09. The maximum atomic E-state index is 12.1. The van der Waals surface area contributed by atoms with E-state index in [-0.39, 0.29) is 24.0 Å². The summed E-state index contributed by atoms with van der Waals surface area (Å²) < 4.78 is 0. The quantitative estimate of drug-likeness (QED) is 0.391. The van der Waals surface area contributed by atoms with Crippen LogP contribution >= 0.6 is 11.6 Å². The van der Waals surface area contributed by atoms with E-state index in [2.05, 4.69) is 20.3 Å². The van der Waals surface area contributed by atoms with Gasteiger partial charge >= 0.3 is 0 Å². The molecule has 1 aliphatic heterocycles. The van der Waals surface area contributed by atoms with Crippen molar-refractivity contribution >= 4 is 23.7 Å². The average molecular weight is 403 g/mol. The summed E-state index contributed by atoms with van der Waals surface area (Å²) in [5, 5.41) is 23.4. The fraction of sp³-hybridized carbons (Fsp3) is 0.300. The number of carbonyl (C=O) groups is 1. The predicted molar refractivity (Wildman–Crippen MR) is 109 cm³/mol. The molecule has 1 fully saturated rings. The molecule has 0 aromatic heterocycles. The van der Waals surface area contributed by atoms with E-state index in [1.54, 1.807) is 6.07 Å². The summed E-state index contributed by atoms with van der Waals surface area (Å²) in [4.78, 5) is 16.5. The highest BCUT2D eigenvalue weighted by Crippen LogP contribution is 2.24. The molecule has 0 aliphatic carbocycles. The predicted octanol–water partition coefficient (Wildman–Crippen LogP) is 2.02. The molecule has 0 radical (unpaired) electrons. The number of carbonyl (C=O) groups excluding carboxylic acids is 1. The van der Waals surface area contributed by atoms with Crippen molar-refractivity contribution in [3.05, 3.63) is 58.6 Å². The number of phenols is 2. The number of hydrogen-bond donors (Lipinski definition) is 3. The Morgan fingerprint density at radius 3 is 2.50 bits per heavy atom. The van der Waals surface area contributed by atoms with Crippen molar-refractivity contribution < 1.29 is 15.0 Å². The fourth-order valence-electron chi connectivity index (χ4n) is 3.01. The monoisotopic (exact) mass is 402 g/mol. The number of rotatable bonds is 6. The maximum absolute atomic E-state index is 12.1. The molecule has 2 aromatic rings. The van der Waals surface area contributed by atoms with E-state index in [1.807, 2.05) is 24.3 Å². The smallest absolute Gasteiger partial charge is 0.254 e. The number of hydrogen-bond acceptors (Lipinski definition) is 6. The number of halogens is 1. The second kappa shape index (κ2) is 9.54. The topological polar surface area (TPSA) is 88.4 Å². The Morgan fingerprint density at radius 1 is 1.07 bits per heavy atom. The van der Waals surface area contributed by atoms with E-state index >= 15 is 0 Å². The zero-order chi connectivity index (χ0) is 19.9. The van der Waals surface area contributed by atoms with Crippen molar-refractivity contribution in [2.75, 3.05) is 32.7 Å². The number of piperazine rings is 1. The standard InChI is InChI=1S/C20H23ClN4O3/c21-17-4-2-1-3-16(17)13-24-7-9-25(10-8-24)14-20(28)23-22-12-15-5-6-18(26)19(27)11-15/h1-6,11-12,26-27H,7-10,13-14H2,(H,23,28)/b22-12-. The van der Waals surface area contributed by atoms with Crippen LogP contribution in [0.3, 0.4) is 0 Å². The van der Waals surface area contributed by atoms with Gasteiger partial charge in [0.05, 0.1) is 12.8 Å². The fourth-order valence-corrected chi connectivity index (χ4v) is 3.21. The van der Waals surface area contributed by atoms with Gasteiger partial charge in [0.2, 0.25) is 0 Å². The van der Waals surface area contributed by atoms with Gasteiger partial charge in [0.25, 0.3) is 5.91 Å². The van der Waals surface area contributed by atoms with Gasteiger partial charge in [-0.2, -0.15) is 5.10 Å². The van der Waals surface area contributed by atoms with E-state index in [1.165, 1.54) is 18.3 Å². The summed E-state index contributed by atoms with van der Waals surface area (Å²) in [6.07, 6.45) is 1.42. The lowest BCUT2D eigenvalue weighted by Gasteiger charge is -2.34. The lowest BCUT2D eigenvalue weighted by Crippen LogP contribution is -2.48. The van der Waals surface area contributed by atoms with E-state index in [0.29, 0.717) is 5.56 Å². The summed E-state index contributed by atoms with van der Waals surface area (Å²) in [6.45, 7) is 4.42. The maximum Gasteiger partial charge on any atom is 0.254 e. The van der Waals surface area contributed by atoms with Crippen LogP contribution in [0.25, 0.3) is 0 Å². The first-order valence-electron chi connectivity index (χ1n) is 9.03. The van der Waals surface area contributed by atoms with Gasteiger partial charge in [0, 0.05) is 37.7 Å². The number of amides is 1. The van der Waals surface area contributed by atoms with Crippen molar-refractivity contribution in [1.29, 1.82) is 0 Å². The Labute approximate surface area is 168 Å². The highest BCUT2D eigenvalue weighted by atomic mass is 35.5. The third-order valence-electron chi connectivity index (χ3n) is 4.59. The minimum atomic E-state index is -0.232. The van der Waals surface area contributed by atoms with Crippen LogP contribution in [0.4, 0.5) is 0 Å². The summed E-state index contributed by atoms with van der Waals surface area (Å²) in [5.41, 5.74) is 4.17. The molecule has 2 aromatic carbocycles. The normalized spacial score (nSPS) is 15.8. The molecule has 3 rings (SSSR count). The molecule has 0 spiro atoms. The molecule has 7 nitrogen and oxygen atoms in total. The molecular formula is C20H23ClN4O3. The molecule has 1 amide bonds. The number of nitrogens with zero attached hydrogens (tertiary/aromatic N) is 3. The first-order chi connectivity index (χ1) is 13.5. The van der Waals surface area contributed by atoms with Crippen molar-refractivity contribution in [2.45, 2.75) is 6.54 Å². The Kier molecular flexibility index (Phi) is 6.86. The van der Waals surface area contributed by atoms with Gasteiger partial charge in [0.1, 0.15) is 0 Å². The van der Waals surface area contributed by atoms with E-state index in [4.69, 9.17) is 11.6 Å². The Hall–Kier alpha value is -2.61. The largest absolute Gasteiger partial charge is 0.504 e. The summed E-state index contributed by atoms with van der Waals surface area (Å²) in [6, 6.07) is 12.2. The minimum absolute atomic E-state index is 0.196. The van der Waals surface area contributed by atoms with Crippen LogP contribution in [-0.4, -0.2) is 64.9 Å². The van der Waals surface area contributed by atoms with Crippen molar-refractivity contribution in [3.63, 3.8) is 0 Å². The summed E-state index contributed by atoms with van der Waals surface area (Å²) >= 11 is 6.22. The average Bonchev–Trinajstić information content (AvgIpc) is 2.68. The number of hydrazone groups is 1. The highest BCUT2D eigenvalue weighted by Gasteiger charge is 2.19. The molecule has 3 N–H and O–H groups in total. The number of benzene rings is 2. The first kappa shape index (κ1) is 20.1. The molecule has 1 saturated heterocycles. The molecule has 8 heteroatoms. The lowest BCUT2D eigenvalue weighted by atomic mass is 10.2.